The van der Waals surface area contributed by atoms with Crippen molar-refractivity contribution in [1.82, 2.24) is 4.98 Å². The normalized spacial score (nSPS) is 11.2. The molecule has 2 rings (SSSR count). The van der Waals surface area contributed by atoms with E-state index in [1.165, 1.54) is 0 Å². The third-order valence-corrected chi connectivity index (χ3v) is 3.03. The molecule has 1 heterocycles. The predicted molar refractivity (Wildman–Crippen MR) is 77.5 cm³/mol. The van der Waals surface area contributed by atoms with E-state index in [1.54, 1.807) is 0 Å². The summed E-state index contributed by atoms with van der Waals surface area (Å²) in [5, 5.41) is 18.5. The summed E-state index contributed by atoms with van der Waals surface area (Å²) in [5.74, 6) is -4.81. The van der Waals surface area contributed by atoms with Gasteiger partial charge in [-0.2, -0.15) is 0 Å². The maximum atomic E-state index is 12.3. The first kappa shape index (κ1) is 17.8. The Hall–Kier alpha value is -3.50. The molecule has 0 fully saturated rings. The van der Waals surface area contributed by atoms with Gasteiger partial charge in [-0.3, -0.25) is 4.79 Å². The molecule has 0 aliphatic heterocycles. The number of carboxylic acid groups (broad SMARTS) is 2. The molecule has 0 aliphatic rings. The van der Waals surface area contributed by atoms with Crippen molar-refractivity contribution in [3.05, 3.63) is 45.7 Å². The number of halogens is 3. The van der Waals surface area contributed by atoms with Gasteiger partial charge in [-0.1, -0.05) is 12.1 Å². The highest BCUT2D eigenvalue weighted by Crippen LogP contribution is 2.32. The van der Waals surface area contributed by atoms with Crippen LogP contribution in [0.2, 0.25) is 0 Å². The standard InChI is InChI=1S/C14H9F3N2O6/c15-14(16,17)25-6-3-1-2-5(4-6)7-8(12(21)22)10(18)19-11(20)9(7)13(23)24/h1-4H,(H,21,22)(H,23,24)(H3,18,19,20). The number of rotatable bonds is 4. The maximum Gasteiger partial charge on any atom is 0.573 e. The Morgan fingerprint density at radius 1 is 1.12 bits per heavy atom. The second-order valence-corrected chi connectivity index (χ2v) is 4.68. The van der Waals surface area contributed by atoms with Gasteiger partial charge in [0, 0.05) is 5.56 Å². The molecule has 132 valence electrons. The zero-order valence-corrected chi connectivity index (χ0v) is 12.0. The monoisotopic (exact) mass is 358 g/mol. The number of nitrogens with two attached hydrogens (primary N) is 1. The Kier molecular flexibility index (Phi) is 4.42. The summed E-state index contributed by atoms with van der Waals surface area (Å²) in [5.41, 5.74) is 1.56. The highest BCUT2D eigenvalue weighted by molar-refractivity contribution is 6.07. The van der Waals surface area contributed by atoms with E-state index in [1.807, 2.05) is 4.98 Å². The molecule has 25 heavy (non-hydrogen) atoms. The van der Waals surface area contributed by atoms with Crippen LogP contribution < -0.4 is 16.0 Å². The number of anilines is 1. The first-order valence-corrected chi connectivity index (χ1v) is 6.39. The van der Waals surface area contributed by atoms with Crippen LogP contribution in [0.3, 0.4) is 0 Å². The Bertz CT molecular complexity index is 920. The van der Waals surface area contributed by atoms with Gasteiger partial charge in [0.2, 0.25) is 0 Å². The molecule has 0 saturated heterocycles. The van der Waals surface area contributed by atoms with Crippen LogP contribution in [0.1, 0.15) is 20.7 Å². The third-order valence-electron chi connectivity index (χ3n) is 3.03. The van der Waals surface area contributed by atoms with Crippen molar-refractivity contribution >= 4 is 17.8 Å². The molecule has 0 amide bonds. The average Bonchev–Trinajstić information content (AvgIpc) is 2.43. The molecule has 1 aromatic carbocycles. The number of carbonyl (C=O) groups is 2. The summed E-state index contributed by atoms with van der Waals surface area (Å²) in [6.07, 6.45) is -5.02. The topological polar surface area (TPSA) is 143 Å². The van der Waals surface area contributed by atoms with Gasteiger partial charge in [-0.15, -0.1) is 13.2 Å². The molecule has 0 radical (unpaired) electrons. The van der Waals surface area contributed by atoms with Crippen molar-refractivity contribution in [1.29, 1.82) is 0 Å². The van der Waals surface area contributed by atoms with Crippen LogP contribution in [0.4, 0.5) is 19.0 Å². The van der Waals surface area contributed by atoms with E-state index in [-0.39, 0.29) is 5.56 Å². The number of hydrogen-bond donors (Lipinski definition) is 4. The Morgan fingerprint density at radius 3 is 2.24 bits per heavy atom. The zero-order valence-electron chi connectivity index (χ0n) is 12.0. The number of benzene rings is 1. The number of aromatic amines is 1. The van der Waals surface area contributed by atoms with Crippen molar-refractivity contribution in [3.63, 3.8) is 0 Å². The summed E-state index contributed by atoms with van der Waals surface area (Å²) >= 11 is 0. The molecule has 1 aromatic heterocycles. The van der Waals surface area contributed by atoms with Gasteiger partial charge in [-0.05, 0) is 17.7 Å². The highest BCUT2D eigenvalue weighted by atomic mass is 19.4. The SMILES string of the molecule is Nc1[nH]c(=O)c(C(=O)O)c(-c2cccc(OC(F)(F)F)c2)c1C(=O)O. The number of aromatic carboxylic acids is 2. The molecule has 0 spiro atoms. The third kappa shape index (κ3) is 3.71. The number of carboxylic acids is 2. The highest BCUT2D eigenvalue weighted by Gasteiger charge is 2.32. The minimum absolute atomic E-state index is 0.297. The Morgan fingerprint density at radius 2 is 1.72 bits per heavy atom. The summed E-state index contributed by atoms with van der Waals surface area (Å²) < 4.78 is 40.7. The number of H-pyrrole nitrogens is 1. The molecule has 8 nitrogen and oxygen atoms in total. The fourth-order valence-electron chi connectivity index (χ4n) is 2.18. The van der Waals surface area contributed by atoms with Crippen molar-refractivity contribution < 1.29 is 37.7 Å². The molecular formula is C14H9F3N2O6. The number of alkyl halides is 3. The van der Waals surface area contributed by atoms with E-state index in [0.29, 0.717) is 0 Å². The Labute approximate surface area is 136 Å². The van der Waals surface area contributed by atoms with Gasteiger partial charge in [0.1, 0.15) is 22.7 Å². The quantitative estimate of drug-likeness (QED) is 0.654. The molecule has 0 unspecified atom stereocenters. The van der Waals surface area contributed by atoms with Crippen LogP contribution in [0.25, 0.3) is 11.1 Å². The first-order valence-electron chi connectivity index (χ1n) is 6.39. The van der Waals surface area contributed by atoms with Crippen LogP contribution in [0.5, 0.6) is 5.75 Å². The molecule has 0 bridgehead atoms. The van der Waals surface area contributed by atoms with Gasteiger partial charge < -0.3 is 25.7 Å². The average molecular weight is 358 g/mol. The molecule has 0 aliphatic carbocycles. The summed E-state index contributed by atoms with van der Waals surface area (Å²) in [6.45, 7) is 0. The van der Waals surface area contributed by atoms with E-state index in [0.717, 1.165) is 24.3 Å². The maximum absolute atomic E-state index is 12.3. The van der Waals surface area contributed by atoms with Gasteiger partial charge in [0.05, 0.1) is 0 Å². The van der Waals surface area contributed by atoms with Crippen LogP contribution in [0.15, 0.2) is 29.1 Å². The van der Waals surface area contributed by atoms with Gasteiger partial charge in [0.25, 0.3) is 5.56 Å². The number of hydrogen-bond acceptors (Lipinski definition) is 5. The van der Waals surface area contributed by atoms with E-state index in [4.69, 9.17) is 5.73 Å². The second-order valence-electron chi connectivity index (χ2n) is 4.68. The number of ether oxygens (including phenoxy) is 1. The number of pyridine rings is 1. The minimum atomic E-state index is -5.02. The van der Waals surface area contributed by atoms with Crippen LogP contribution in [-0.4, -0.2) is 33.5 Å². The first-order chi connectivity index (χ1) is 11.5. The van der Waals surface area contributed by atoms with Crippen molar-refractivity contribution in [2.24, 2.45) is 0 Å². The number of aromatic nitrogens is 1. The van der Waals surface area contributed by atoms with Crippen molar-refractivity contribution in [2.45, 2.75) is 6.36 Å². The van der Waals surface area contributed by atoms with Crippen molar-refractivity contribution in [3.8, 4) is 16.9 Å². The summed E-state index contributed by atoms with van der Waals surface area (Å²) in [6, 6.07) is 3.87. The van der Waals surface area contributed by atoms with Crippen LogP contribution in [-0.2, 0) is 0 Å². The van der Waals surface area contributed by atoms with E-state index in [9.17, 15) is 37.8 Å². The summed E-state index contributed by atoms with van der Waals surface area (Å²) in [7, 11) is 0. The van der Waals surface area contributed by atoms with Crippen LogP contribution in [0, 0.1) is 0 Å². The fraction of sp³-hybridized carbons (Fsp3) is 0.0714. The second kappa shape index (κ2) is 6.19. The largest absolute Gasteiger partial charge is 0.573 e. The molecular weight excluding hydrogens is 349 g/mol. The molecule has 0 atom stereocenters. The Balaban J connectivity index is 2.82. The molecule has 5 N–H and O–H groups in total. The minimum Gasteiger partial charge on any atom is -0.478 e. The van der Waals surface area contributed by atoms with Gasteiger partial charge >= 0.3 is 18.3 Å². The van der Waals surface area contributed by atoms with Crippen LogP contribution >= 0.6 is 0 Å². The zero-order chi connectivity index (χ0) is 18.9. The predicted octanol–water partition coefficient (Wildman–Crippen LogP) is 1.92. The lowest BCUT2D eigenvalue weighted by Crippen LogP contribution is -2.24. The van der Waals surface area contributed by atoms with E-state index < -0.39 is 52.1 Å². The summed E-state index contributed by atoms with van der Waals surface area (Å²) in [4.78, 5) is 36.5. The lowest BCUT2D eigenvalue weighted by atomic mass is 9.95. The number of nitrogen functional groups attached to an aromatic ring is 1. The molecule has 2 aromatic rings. The smallest absolute Gasteiger partial charge is 0.478 e. The lowest BCUT2D eigenvalue weighted by molar-refractivity contribution is -0.274. The fourth-order valence-corrected chi connectivity index (χ4v) is 2.18. The van der Waals surface area contributed by atoms with E-state index >= 15 is 0 Å². The van der Waals surface area contributed by atoms with Crippen molar-refractivity contribution in [2.75, 3.05) is 5.73 Å². The number of nitrogens with one attached hydrogen (secondary N) is 1. The molecule has 11 heteroatoms. The van der Waals surface area contributed by atoms with Gasteiger partial charge in [-0.25, -0.2) is 9.59 Å². The van der Waals surface area contributed by atoms with Gasteiger partial charge in [0.15, 0.2) is 0 Å². The lowest BCUT2D eigenvalue weighted by Gasteiger charge is -2.14. The molecule has 0 saturated carbocycles. The van der Waals surface area contributed by atoms with E-state index in [2.05, 4.69) is 4.74 Å².